The summed E-state index contributed by atoms with van der Waals surface area (Å²) in [7, 11) is 0. The van der Waals surface area contributed by atoms with Crippen molar-refractivity contribution in [3.63, 3.8) is 0 Å². The fourth-order valence-corrected chi connectivity index (χ4v) is 7.36. The highest BCUT2D eigenvalue weighted by atomic mass is 19.1. The molecule has 240 valence electrons. The van der Waals surface area contributed by atoms with Crippen LogP contribution in [0.1, 0.15) is 0 Å². The van der Waals surface area contributed by atoms with Gasteiger partial charge < -0.3 is 9.13 Å². The van der Waals surface area contributed by atoms with Crippen molar-refractivity contribution < 1.29 is 4.39 Å². The van der Waals surface area contributed by atoms with Crippen molar-refractivity contribution in [2.45, 2.75) is 0 Å². The fourth-order valence-electron chi connectivity index (χ4n) is 7.36. The molecule has 0 unspecified atom stereocenters. The molecule has 10 aromatic rings. The molecule has 0 fully saturated rings. The van der Waals surface area contributed by atoms with Gasteiger partial charge >= 0.3 is 0 Å². The van der Waals surface area contributed by atoms with Crippen LogP contribution in [0.5, 0.6) is 0 Å². The molecule has 0 N–H and O–H groups in total. The Hall–Kier alpha value is -6.92. The molecule has 0 aliphatic heterocycles. The Morgan fingerprint density at radius 1 is 0.333 bits per heavy atom. The molecule has 6 heteroatoms. The van der Waals surface area contributed by atoms with Crippen molar-refractivity contribution in [3.8, 4) is 45.5 Å². The van der Waals surface area contributed by atoms with Gasteiger partial charge in [0.15, 0.2) is 17.5 Å². The molecule has 10 rings (SSSR count). The number of benzene rings is 7. The summed E-state index contributed by atoms with van der Waals surface area (Å²) in [5.74, 6) is 1.64. The summed E-state index contributed by atoms with van der Waals surface area (Å²) in [5.41, 5.74) is 9.11. The van der Waals surface area contributed by atoms with Crippen LogP contribution >= 0.6 is 0 Å². The standard InChI is InChI=1S/C45H28FN5/c46-32-21-25-34(26-22-32)51-38-18-10-8-16-36(38)42-40(51)28-27-39-41(42)35-15-7-9-17-37(35)50(39)33-23-19-31(20-24-33)45-48-43(29-11-3-1-4-12-29)47-44(49-45)30-13-5-2-6-14-30/h1-28H. The van der Waals surface area contributed by atoms with Crippen molar-refractivity contribution in [2.75, 3.05) is 0 Å². The van der Waals surface area contributed by atoms with Crippen molar-refractivity contribution in [2.24, 2.45) is 0 Å². The van der Waals surface area contributed by atoms with Gasteiger partial charge in [0.1, 0.15) is 5.82 Å². The minimum absolute atomic E-state index is 0.250. The second-order valence-electron chi connectivity index (χ2n) is 12.6. The summed E-state index contributed by atoms with van der Waals surface area (Å²) in [5, 5.41) is 4.67. The van der Waals surface area contributed by atoms with Crippen LogP contribution in [-0.4, -0.2) is 24.1 Å². The summed E-state index contributed by atoms with van der Waals surface area (Å²) < 4.78 is 18.5. The molecule has 0 amide bonds. The smallest absolute Gasteiger partial charge is 0.164 e. The van der Waals surface area contributed by atoms with Crippen molar-refractivity contribution >= 4 is 43.6 Å². The van der Waals surface area contributed by atoms with Crippen LogP contribution in [-0.2, 0) is 0 Å². The first-order valence-electron chi connectivity index (χ1n) is 16.9. The van der Waals surface area contributed by atoms with Gasteiger partial charge in [0.2, 0.25) is 0 Å². The highest BCUT2D eigenvalue weighted by Crippen LogP contribution is 2.42. The van der Waals surface area contributed by atoms with Gasteiger partial charge in [-0.15, -0.1) is 0 Å². The summed E-state index contributed by atoms with van der Waals surface area (Å²) >= 11 is 0. The highest BCUT2D eigenvalue weighted by molar-refractivity contribution is 6.28. The molecule has 0 saturated carbocycles. The van der Waals surface area contributed by atoms with E-state index >= 15 is 0 Å². The molecule has 0 bridgehead atoms. The number of fused-ring (bicyclic) bond motifs is 7. The zero-order valence-electron chi connectivity index (χ0n) is 27.3. The Labute approximate surface area is 292 Å². The van der Waals surface area contributed by atoms with Crippen LogP contribution < -0.4 is 0 Å². The highest BCUT2D eigenvalue weighted by Gasteiger charge is 2.20. The average Bonchev–Trinajstić information content (AvgIpc) is 3.72. The van der Waals surface area contributed by atoms with E-state index in [1.54, 1.807) is 0 Å². The molecule has 51 heavy (non-hydrogen) atoms. The molecule has 3 aromatic heterocycles. The number of hydrogen-bond donors (Lipinski definition) is 0. The third kappa shape index (κ3) is 4.72. The molecular formula is C45H28FN5. The minimum Gasteiger partial charge on any atom is -0.309 e. The second kappa shape index (κ2) is 11.6. The summed E-state index contributed by atoms with van der Waals surface area (Å²) in [6, 6.07) is 56.7. The average molecular weight is 658 g/mol. The number of halogens is 1. The fraction of sp³-hybridized carbons (Fsp3) is 0. The molecule has 3 heterocycles. The molecule has 0 radical (unpaired) electrons. The van der Waals surface area contributed by atoms with E-state index in [4.69, 9.17) is 15.0 Å². The molecular weight excluding hydrogens is 630 g/mol. The maximum atomic E-state index is 14.0. The van der Waals surface area contributed by atoms with Gasteiger partial charge in [-0.1, -0.05) is 97.1 Å². The number of nitrogens with zero attached hydrogens (tertiary/aromatic N) is 5. The molecule has 5 nitrogen and oxygen atoms in total. The van der Waals surface area contributed by atoms with E-state index in [9.17, 15) is 4.39 Å². The second-order valence-corrected chi connectivity index (χ2v) is 12.6. The van der Waals surface area contributed by atoms with E-state index in [-0.39, 0.29) is 5.82 Å². The Morgan fingerprint density at radius 3 is 1.16 bits per heavy atom. The van der Waals surface area contributed by atoms with E-state index in [1.807, 2.05) is 72.8 Å². The zero-order valence-corrected chi connectivity index (χ0v) is 27.3. The van der Waals surface area contributed by atoms with E-state index in [0.29, 0.717) is 17.5 Å². The summed E-state index contributed by atoms with van der Waals surface area (Å²) in [6.45, 7) is 0. The van der Waals surface area contributed by atoms with Crippen LogP contribution in [0.4, 0.5) is 4.39 Å². The van der Waals surface area contributed by atoms with E-state index < -0.39 is 0 Å². The Kier molecular flexibility index (Phi) is 6.61. The maximum Gasteiger partial charge on any atom is 0.164 e. The molecule has 7 aromatic carbocycles. The lowest BCUT2D eigenvalue weighted by molar-refractivity contribution is 0.627. The third-order valence-corrected chi connectivity index (χ3v) is 9.64. The van der Waals surface area contributed by atoms with Crippen LogP contribution in [0.15, 0.2) is 170 Å². The molecule has 0 spiro atoms. The van der Waals surface area contributed by atoms with Gasteiger partial charge in [-0.25, -0.2) is 19.3 Å². The van der Waals surface area contributed by atoms with Crippen LogP contribution in [0, 0.1) is 5.82 Å². The predicted octanol–water partition coefficient (Wildman–Crippen LogP) is 11.2. The SMILES string of the molecule is Fc1ccc(-n2c3ccccc3c3c4c5ccccc5n(-c5ccc(-c6nc(-c7ccccc7)nc(-c7ccccc7)n6)cc5)c4ccc32)cc1. The van der Waals surface area contributed by atoms with Crippen LogP contribution in [0.25, 0.3) is 89.2 Å². The Balaban J connectivity index is 1.16. The molecule has 0 saturated heterocycles. The predicted molar refractivity (Wildman–Crippen MR) is 205 cm³/mol. The quantitative estimate of drug-likeness (QED) is 0.185. The summed E-state index contributed by atoms with van der Waals surface area (Å²) in [4.78, 5) is 14.7. The van der Waals surface area contributed by atoms with Gasteiger partial charge in [0.25, 0.3) is 0 Å². The first-order chi connectivity index (χ1) is 25.2. The third-order valence-electron chi connectivity index (χ3n) is 9.64. The molecule has 0 aliphatic rings. The lowest BCUT2D eigenvalue weighted by Gasteiger charge is -2.11. The van der Waals surface area contributed by atoms with Gasteiger partial charge in [0.05, 0.1) is 22.1 Å². The van der Waals surface area contributed by atoms with Crippen LogP contribution in [0.2, 0.25) is 0 Å². The lowest BCUT2D eigenvalue weighted by atomic mass is 10.1. The first kappa shape index (κ1) is 29.0. The number of hydrogen-bond acceptors (Lipinski definition) is 3. The lowest BCUT2D eigenvalue weighted by Crippen LogP contribution is -2.00. The van der Waals surface area contributed by atoms with Crippen molar-refractivity contribution in [1.82, 2.24) is 24.1 Å². The largest absolute Gasteiger partial charge is 0.309 e. The monoisotopic (exact) mass is 657 g/mol. The first-order valence-corrected chi connectivity index (χ1v) is 16.9. The topological polar surface area (TPSA) is 48.5 Å². The van der Waals surface area contributed by atoms with E-state index in [2.05, 4.69) is 94.1 Å². The van der Waals surface area contributed by atoms with E-state index in [0.717, 1.165) is 55.5 Å². The van der Waals surface area contributed by atoms with Gasteiger partial charge in [0, 0.05) is 49.6 Å². The number of aromatic nitrogens is 5. The van der Waals surface area contributed by atoms with Gasteiger partial charge in [-0.05, 0) is 72.8 Å². The van der Waals surface area contributed by atoms with Gasteiger partial charge in [-0.3, -0.25) is 0 Å². The summed E-state index contributed by atoms with van der Waals surface area (Å²) in [6.07, 6.45) is 0. The van der Waals surface area contributed by atoms with Crippen molar-refractivity contribution in [1.29, 1.82) is 0 Å². The van der Waals surface area contributed by atoms with E-state index in [1.165, 1.54) is 28.3 Å². The van der Waals surface area contributed by atoms with Crippen molar-refractivity contribution in [3.05, 3.63) is 176 Å². The maximum absolute atomic E-state index is 14.0. The Morgan fingerprint density at radius 2 is 0.706 bits per heavy atom. The molecule has 0 atom stereocenters. The minimum atomic E-state index is -0.250. The Bertz CT molecular complexity index is 2830. The van der Waals surface area contributed by atoms with Gasteiger partial charge in [-0.2, -0.15) is 0 Å². The van der Waals surface area contributed by atoms with Crippen LogP contribution in [0.3, 0.4) is 0 Å². The number of rotatable bonds is 5. The zero-order chi connectivity index (χ0) is 33.9. The number of para-hydroxylation sites is 2. The molecule has 0 aliphatic carbocycles. The normalized spacial score (nSPS) is 11.6.